The number of nitrogens with one attached hydrogen (secondary N) is 1. The lowest BCUT2D eigenvalue weighted by Gasteiger charge is -2.43. The molecule has 0 bridgehead atoms. The Morgan fingerprint density at radius 3 is 2.46 bits per heavy atom. The van der Waals surface area contributed by atoms with Crippen molar-refractivity contribution in [1.29, 1.82) is 0 Å². The van der Waals surface area contributed by atoms with Crippen LogP contribution in [0.4, 0.5) is 0 Å². The van der Waals surface area contributed by atoms with Crippen LogP contribution in [0.1, 0.15) is 34.6 Å². The minimum absolute atomic E-state index is 0.0349. The maximum Gasteiger partial charge on any atom is 0.274 e. The lowest BCUT2D eigenvalue weighted by Crippen LogP contribution is -2.57. The van der Waals surface area contributed by atoms with Crippen LogP contribution in [0.2, 0.25) is 0 Å². The first kappa shape index (κ1) is 23.0. The molecule has 0 spiro atoms. The lowest BCUT2D eigenvalue weighted by molar-refractivity contribution is 0.206. The minimum atomic E-state index is -3.80. The fourth-order valence-electron chi connectivity index (χ4n) is 3.26. The zero-order valence-corrected chi connectivity index (χ0v) is 17.5. The van der Waals surface area contributed by atoms with Gasteiger partial charge < -0.3 is 9.47 Å². The summed E-state index contributed by atoms with van der Waals surface area (Å²) in [5, 5.41) is 5.22. The van der Waals surface area contributed by atoms with Gasteiger partial charge in [-0.15, -0.1) is 0 Å². The Morgan fingerprint density at radius 1 is 1.27 bits per heavy atom. The maximum atomic E-state index is 11.6. The highest BCUT2D eigenvalue weighted by atomic mass is 32.2. The number of methoxy groups -OCH3 is 1. The van der Waals surface area contributed by atoms with Gasteiger partial charge in [-0.05, 0) is 11.8 Å². The molecule has 26 heavy (non-hydrogen) atoms. The second-order valence-corrected chi connectivity index (χ2v) is 8.75. The predicted molar refractivity (Wildman–Crippen MR) is 105 cm³/mol. The first-order valence-electron chi connectivity index (χ1n) is 9.05. The van der Waals surface area contributed by atoms with Crippen molar-refractivity contribution in [3.8, 4) is 0 Å². The number of rotatable bonds is 9. The molecule has 1 rings (SSSR count). The van der Waals surface area contributed by atoms with E-state index in [-0.39, 0.29) is 29.8 Å². The first-order chi connectivity index (χ1) is 12.1. The van der Waals surface area contributed by atoms with Crippen LogP contribution in [-0.2, 0) is 19.7 Å². The average molecular weight is 391 g/mol. The quantitative estimate of drug-likeness (QED) is 0.350. The van der Waals surface area contributed by atoms with Gasteiger partial charge in [-0.2, -0.15) is 13.1 Å². The maximum absolute atomic E-state index is 11.6. The van der Waals surface area contributed by atoms with Gasteiger partial charge in [0.25, 0.3) is 10.2 Å². The van der Waals surface area contributed by atoms with Crippen molar-refractivity contribution < 1.29 is 17.9 Å². The van der Waals surface area contributed by atoms with Crippen LogP contribution in [-0.4, -0.2) is 59.5 Å². The summed E-state index contributed by atoms with van der Waals surface area (Å²) in [7, 11) is -2.17. The molecule has 0 aromatic heterocycles. The van der Waals surface area contributed by atoms with Crippen molar-refractivity contribution in [3.05, 3.63) is 0 Å². The third-order valence-corrected chi connectivity index (χ3v) is 5.41. The van der Waals surface area contributed by atoms with Crippen molar-refractivity contribution in [2.24, 2.45) is 38.8 Å². The zero-order valence-electron chi connectivity index (χ0n) is 16.7. The fourth-order valence-corrected chi connectivity index (χ4v) is 4.07. The molecule has 8 nitrogen and oxygen atoms in total. The number of nitrogens with two attached hydrogens (primary N) is 1. The Hall–Kier alpha value is -1.03. The number of hydrogen-bond donors (Lipinski definition) is 2. The van der Waals surface area contributed by atoms with Gasteiger partial charge in [-0.25, -0.2) is 10.1 Å². The Kier molecular flexibility index (Phi) is 9.15. The van der Waals surface area contributed by atoms with E-state index < -0.39 is 10.2 Å². The topological polar surface area (TPSA) is 115 Å². The van der Waals surface area contributed by atoms with Gasteiger partial charge in [-0.1, -0.05) is 34.6 Å². The van der Waals surface area contributed by atoms with E-state index in [1.165, 1.54) is 6.40 Å². The Balaban J connectivity index is 3.09. The van der Waals surface area contributed by atoms with Gasteiger partial charge in [0, 0.05) is 30.7 Å². The first-order valence-corrected chi connectivity index (χ1v) is 10.6. The number of hydrogen-bond acceptors (Lipinski definition) is 6. The zero-order chi connectivity index (χ0) is 19.9. The van der Waals surface area contributed by atoms with E-state index in [0.29, 0.717) is 25.7 Å². The van der Waals surface area contributed by atoms with E-state index in [9.17, 15) is 8.42 Å². The van der Waals surface area contributed by atoms with Crippen molar-refractivity contribution in [3.63, 3.8) is 0 Å². The van der Waals surface area contributed by atoms with E-state index in [0.717, 1.165) is 5.71 Å². The van der Waals surface area contributed by atoms with Crippen LogP contribution in [0.15, 0.2) is 9.98 Å². The van der Waals surface area contributed by atoms with Crippen LogP contribution in [0.3, 0.4) is 0 Å². The normalized spacial score (nSPS) is 31.8. The van der Waals surface area contributed by atoms with Gasteiger partial charge >= 0.3 is 0 Å². The van der Waals surface area contributed by atoms with Crippen LogP contribution in [0.25, 0.3) is 0 Å². The fraction of sp³-hybridized carbons (Fsp3) is 0.882. The number of ether oxygens (including phenoxy) is 2. The van der Waals surface area contributed by atoms with Crippen LogP contribution >= 0.6 is 0 Å². The van der Waals surface area contributed by atoms with E-state index in [4.69, 9.17) is 19.6 Å². The molecule has 1 saturated carbocycles. The van der Waals surface area contributed by atoms with E-state index in [1.807, 2.05) is 20.8 Å². The summed E-state index contributed by atoms with van der Waals surface area (Å²) in [6, 6.07) is -0.599. The minimum Gasteiger partial charge on any atom is -0.483 e. The van der Waals surface area contributed by atoms with Gasteiger partial charge in [0.15, 0.2) is 6.40 Å². The van der Waals surface area contributed by atoms with Crippen molar-refractivity contribution in [2.45, 2.75) is 46.7 Å². The summed E-state index contributed by atoms with van der Waals surface area (Å²) < 4.78 is 36.3. The van der Waals surface area contributed by atoms with Crippen LogP contribution < -0.4 is 9.86 Å². The molecule has 5 atom stereocenters. The molecule has 0 radical (unpaired) electrons. The molecule has 152 valence electrons. The molecule has 1 aliphatic carbocycles. The molecular weight excluding hydrogens is 356 g/mol. The molecule has 1 fully saturated rings. The Bertz CT molecular complexity index is 592. The summed E-state index contributed by atoms with van der Waals surface area (Å²) in [6.45, 7) is 11.8. The second-order valence-electron chi connectivity index (χ2n) is 7.42. The molecular formula is C17H34N4O4S. The molecule has 0 amide bonds. The average Bonchev–Trinajstić information content (AvgIpc) is 2.53. The second kappa shape index (κ2) is 10.3. The van der Waals surface area contributed by atoms with E-state index >= 15 is 0 Å². The molecule has 0 heterocycles. The smallest absolute Gasteiger partial charge is 0.274 e. The SMILES string of the molecule is COCCN=C1C(C)C(C)C(NS(N)(=O)=O)C(C)C1N=COCC(C)C. The molecule has 0 aromatic rings. The third kappa shape index (κ3) is 6.94. The highest BCUT2D eigenvalue weighted by Gasteiger charge is 2.44. The summed E-state index contributed by atoms with van der Waals surface area (Å²) in [5.74, 6) is 0.373. The largest absolute Gasteiger partial charge is 0.483 e. The molecule has 9 heteroatoms. The summed E-state index contributed by atoms with van der Waals surface area (Å²) >= 11 is 0. The van der Waals surface area contributed by atoms with Crippen molar-refractivity contribution in [2.75, 3.05) is 26.9 Å². The molecule has 3 N–H and O–H groups in total. The third-order valence-electron chi connectivity index (χ3n) is 4.80. The van der Waals surface area contributed by atoms with Gasteiger partial charge in [0.05, 0.1) is 25.8 Å². The highest BCUT2D eigenvalue weighted by molar-refractivity contribution is 7.87. The lowest BCUT2D eigenvalue weighted by atomic mass is 9.69. The molecule has 0 aliphatic heterocycles. The molecule has 0 aromatic carbocycles. The van der Waals surface area contributed by atoms with E-state index in [1.54, 1.807) is 7.11 Å². The van der Waals surface area contributed by atoms with Gasteiger partial charge in [0.2, 0.25) is 0 Å². The van der Waals surface area contributed by atoms with Crippen LogP contribution in [0, 0.1) is 23.7 Å². The summed E-state index contributed by atoms with van der Waals surface area (Å²) in [5.41, 5.74) is 0.943. The monoisotopic (exact) mass is 390 g/mol. The predicted octanol–water partition coefficient (Wildman–Crippen LogP) is 1.23. The van der Waals surface area contributed by atoms with Crippen LogP contribution in [0.5, 0.6) is 0 Å². The Labute approximate surface area is 157 Å². The summed E-state index contributed by atoms with van der Waals surface area (Å²) in [4.78, 5) is 9.26. The van der Waals surface area contributed by atoms with E-state index in [2.05, 4.69) is 23.6 Å². The summed E-state index contributed by atoms with van der Waals surface area (Å²) in [6.07, 6.45) is 1.46. The van der Waals surface area contributed by atoms with Gasteiger partial charge in [0.1, 0.15) is 0 Å². The molecule has 5 unspecified atom stereocenters. The standard InChI is InChI=1S/C17H34N4O4S/c1-11(2)9-25-10-20-17-14(5)15(21-26(18,22)23)12(3)13(4)16(17)19-7-8-24-6/h10-15,17,21H,7-9H2,1-6H3,(H2,18,22,23). The molecule has 0 saturated heterocycles. The number of aliphatic imine (C=N–C) groups is 2. The number of nitrogens with zero attached hydrogens (tertiary/aromatic N) is 2. The Morgan fingerprint density at radius 2 is 1.92 bits per heavy atom. The van der Waals surface area contributed by atoms with Crippen molar-refractivity contribution in [1.82, 2.24) is 4.72 Å². The van der Waals surface area contributed by atoms with Crippen molar-refractivity contribution >= 4 is 22.3 Å². The van der Waals surface area contributed by atoms with Gasteiger partial charge in [-0.3, -0.25) is 4.99 Å². The molecule has 1 aliphatic rings. The highest BCUT2D eigenvalue weighted by Crippen LogP contribution is 2.34.